The van der Waals surface area contributed by atoms with Crippen LogP contribution in [0.25, 0.3) is 5.69 Å². The molecular weight excluding hydrogens is 462 g/mol. The van der Waals surface area contributed by atoms with Gasteiger partial charge in [0, 0.05) is 32.2 Å². The summed E-state index contributed by atoms with van der Waals surface area (Å²) >= 11 is 0. The Morgan fingerprint density at radius 2 is 1.59 bits per heavy atom. The Bertz CT molecular complexity index is 1380. The minimum Gasteiger partial charge on any atom is -0.336 e. The summed E-state index contributed by atoms with van der Waals surface area (Å²) in [6, 6.07) is 8.22. The fourth-order valence-electron chi connectivity index (χ4n) is 4.15. The minimum atomic E-state index is -3.66. The summed E-state index contributed by atoms with van der Waals surface area (Å²) in [4.78, 5) is 15.1. The zero-order valence-corrected chi connectivity index (χ0v) is 20.3. The molecule has 2 heterocycles. The summed E-state index contributed by atoms with van der Waals surface area (Å²) in [6.45, 7) is 7.87. The summed E-state index contributed by atoms with van der Waals surface area (Å²) < 4.78 is 56.4. The Labute approximate surface area is 197 Å². The van der Waals surface area contributed by atoms with Crippen molar-refractivity contribution in [2.75, 3.05) is 26.2 Å². The first-order valence-electron chi connectivity index (χ1n) is 10.9. The predicted octanol–water partition coefficient (Wildman–Crippen LogP) is 3.53. The second-order valence-electron chi connectivity index (χ2n) is 8.50. The number of carbonyl (C=O) groups excluding carboxylic acids is 1. The van der Waals surface area contributed by atoms with Crippen molar-refractivity contribution < 1.29 is 22.0 Å². The standard InChI is InChI=1S/C24H26F2N4O3S/c1-15-5-7-20(13-16(15)2)34(32,33)29-11-9-28(10-12-29)24(31)23-17(3)27-30(18(23)4)22-8-6-19(25)14-21(22)26/h5-8,13-14H,9-12H2,1-4H3. The molecule has 7 nitrogen and oxygen atoms in total. The van der Waals surface area contributed by atoms with Gasteiger partial charge < -0.3 is 4.90 Å². The van der Waals surface area contributed by atoms with Crippen LogP contribution < -0.4 is 0 Å². The number of piperazine rings is 1. The molecule has 1 aromatic heterocycles. The summed E-state index contributed by atoms with van der Waals surface area (Å²) in [5, 5.41) is 4.30. The average Bonchev–Trinajstić information content (AvgIpc) is 3.08. The van der Waals surface area contributed by atoms with Crippen molar-refractivity contribution in [3.63, 3.8) is 0 Å². The molecule has 3 aromatic rings. The van der Waals surface area contributed by atoms with E-state index in [1.165, 1.54) is 15.1 Å². The molecule has 0 saturated carbocycles. The van der Waals surface area contributed by atoms with Gasteiger partial charge in [-0.3, -0.25) is 4.79 Å². The smallest absolute Gasteiger partial charge is 0.257 e. The quantitative estimate of drug-likeness (QED) is 0.563. The van der Waals surface area contributed by atoms with Gasteiger partial charge in [0.2, 0.25) is 10.0 Å². The van der Waals surface area contributed by atoms with Crippen molar-refractivity contribution in [1.29, 1.82) is 0 Å². The van der Waals surface area contributed by atoms with Gasteiger partial charge in [0.1, 0.15) is 11.5 Å². The molecule has 1 amide bonds. The van der Waals surface area contributed by atoms with Gasteiger partial charge in [-0.1, -0.05) is 6.07 Å². The van der Waals surface area contributed by atoms with Crippen LogP contribution in [-0.2, 0) is 10.0 Å². The molecule has 1 aliphatic heterocycles. The highest BCUT2D eigenvalue weighted by Gasteiger charge is 2.32. The number of amides is 1. The number of carbonyl (C=O) groups is 1. The molecule has 1 fully saturated rings. The molecule has 2 aromatic carbocycles. The first-order chi connectivity index (χ1) is 16.0. The van der Waals surface area contributed by atoms with Crippen LogP contribution in [0.1, 0.15) is 32.9 Å². The zero-order valence-electron chi connectivity index (χ0n) is 19.5. The predicted molar refractivity (Wildman–Crippen MR) is 124 cm³/mol. The van der Waals surface area contributed by atoms with E-state index in [0.29, 0.717) is 17.0 Å². The highest BCUT2D eigenvalue weighted by atomic mass is 32.2. The number of rotatable bonds is 4. The van der Waals surface area contributed by atoms with Crippen molar-refractivity contribution in [1.82, 2.24) is 19.0 Å². The van der Waals surface area contributed by atoms with E-state index in [1.54, 1.807) is 36.9 Å². The zero-order chi connectivity index (χ0) is 24.8. The van der Waals surface area contributed by atoms with E-state index < -0.39 is 21.7 Å². The van der Waals surface area contributed by atoms with Crippen molar-refractivity contribution >= 4 is 15.9 Å². The van der Waals surface area contributed by atoms with Crippen LogP contribution in [-0.4, -0.2) is 59.5 Å². The van der Waals surface area contributed by atoms with Crippen LogP contribution in [0.4, 0.5) is 8.78 Å². The van der Waals surface area contributed by atoms with Gasteiger partial charge >= 0.3 is 0 Å². The Hall–Kier alpha value is -3.11. The molecule has 1 saturated heterocycles. The molecular formula is C24H26F2N4O3S. The number of aromatic nitrogens is 2. The van der Waals surface area contributed by atoms with Crippen molar-refractivity contribution in [3.05, 3.63) is 76.1 Å². The third-order valence-electron chi connectivity index (χ3n) is 6.29. The van der Waals surface area contributed by atoms with Gasteiger partial charge in [-0.25, -0.2) is 21.9 Å². The molecule has 0 radical (unpaired) electrons. The largest absolute Gasteiger partial charge is 0.336 e. The van der Waals surface area contributed by atoms with Crippen LogP contribution >= 0.6 is 0 Å². The van der Waals surface area contributed by atoms with E-state index in [4.69, 9.17) is 0 Å². The Morgan fingerprint density at radius 1 is 0.912 bits per heavy atom. The maximum absolute atomic E-state index is 14.3. The lowest BCUT2D eigenvalue weighted by molar-refractivity contribution is 0.0696. The van der Waals surface area contributed by atoms with Crippen molar-refractivity contribution in [3.8, 4) is 5.69 Å². The summed E-state index contributed by atoms with van der Waals surface area (Å²) in [6.07, 6.45) is 0. The van der Waals surface area contributed by atoms with Crippen LogP contribution in [0.5, 0.6) is 0 Å². The van der Waals surface area contributed by atoms with E-state index in [9.17, 15) is 22.0 Å². The van der Waals surface area contributed by atoms with E-state index in [2.05, 4.69) is 5.10 Å². The Kier molecular flexibility index (Phi) is 6.30. The summed E-state index contributed by atoms with van der Waals surface area (Å²) in [7, 11) is -3.66. The third kappa shape index (κ3) is 4.23. The normalized spacial score (nSPS) is 15.1. The number of benzene rings is 2. The molecule has 0 atom stereocenters. The van der Waals surface area contributed by atoms with Crippen LogP contribution in [0.2, 0.25) is 0 Å². The second kappa shape index (κ2) is 8.92. The molecule has 180 valence electrons. The minimum absolute atomic E-state index is 0.0466. The van der Waals surface area contributed by atoms with Crippen LogP contribution in [0, 0.1) is 39.3 Å². The Morgan fingerprint density at radius 3 is 2.21 bits per heavy atom. The first kappa shape index (κ1) is 24.0. The number of halogens is 2. The SMILES string of the molecule is Cc1ccc(S(=O)(=O)N2CCN(C(=O)c3c(C)nn(-c4ccc(F)cc4F)c3C)CC2)cc1C. The lowest BCUT2D eigenvalue weighted by Crippen LogP contribution is -2.50. The average molecular weight is 489 g/mol. The van der Waals surface area contributed by atoms with E-state index in [-0.39, 0.29) is 42.7 Å². The van der Waals surface area contributed by atoms with Gasteiger partial charge in [0.05, 0.1) is 21.8 Å². The molecule has 0 unspecified atom stereocenters. The van der Waals surface area contributed by atoms with Crippen molar-refractivity contribution in [2.24, 2.45) is 0 Å². The number of hydrogen-bond acceptors (Lipinski definition) is 4. The van der Waals surface area contributed by atoms with Gasteiger partial charge in [-0.2, -0.15) is 9.40 Å². The van der Waals surface area contributed by atoms with Crippen LogP contribution in [0.15, 0.2) is 41.3 Å². The van der Waals surface area contributed by atoms with Gasteiger partial charge in [-0.15, -0.1) is 0 Å². The summed E-state index contributed by atoms with van der Waals surface area (Å²) in [5.74, 6) is -1.78. The first-order valence-corrected chi connectivity index (χ1v) is 12.3. The second-order valence-corrected chi connectivity index (χ2v) is 10.4. The fourth-order valence-corrected chi connectivity index (χ4v) is 5.66. The van der Waals surface area contributed by atoms with Gasteiger partial charge in [0.15, 0.2) is 5.82 Å². The Balaban J connectivity index is 1.53. The van der Waals surface area contributed by atoms with E-state index in [1.807, 2.05) is 13.8 Å². The number of aryl methyl sites for hydroxylation is 3. The monoisotopic (exact) mass is 488 g/mol. The maximum atomic E-state index is 14.3. The number of nitrogens with zero attached hydrogens (tertiary/aromatic N) is 4. The molecule has 0 N–H and O–H groups in total. The van der Waals surface area contributed by atoms with Crippen molar-refractivity contribution in [2.45, 2.75) is 32.6 Å². The number of hydrogen-bond donors (Lipinski definition) is 0. The molecule has 0 bridgehead atoms. The van der Waals surface area contributed by atoms with Crippen LogP contribution in [0.3, 0.4) is 0 Å². The van der Waals surface area contributed by atoms with Gasteiger partial charge in [0.25, 0.3) is 5.91 Å². The van der Waals surface area contributed by atoms with E-state index >= 15 is 0 Å². The topological polar surface area (TPSA) is 75.5 Å². The van der Waals surface area contributed by atoms with E-state index in [0.717, 1.165) is 23.3 Å². The lowest BCUT2D eigenvalue weighted by atomic mass is 10.1. The maximum Gasteiger partial charge on any atom is 0.257 e. The highest BCUT2D eigenvalue weighted by molar-refractivity contribution is 7.89. The third-order valence-corrected chi connectivity index (χ3v) is 8.18. The van der Waals surface area contributed by atoms with Gasteiger partial charge in [-0.05, 0) is 63.1 Å². The molecule has 10 heteroatoms. The molecule has 0 spiro atoms. The lowest BCUT2D eigenvalue weighted by Gasteiger charge is -2.34. The molecule has 0 aliphatic carbocycles. The molecule has 1 aliphatic rings. The summed E-state index contributed by atoms with van der Waals surface area (Å²) in [5.41, 5.74) is 3.13. The highest BCUT2D eigenvalue weighted by Crippen LogP contribution is 2.24. The molecule has 4 rings (SSSR count). The fraction of sp³-hybridized carbons (Fsp3) is 0.333. The molecule has 34 heavy (non-hydrogen) atoms. The number of sulfonamides is 1.